The Labute approximate surface area is 106 Å². The molecule has 0 aromatic rings. The molecular formula is C14H28N2O. The summed E-state index contributed by atoms with van der Waals surface area (Å²) in [5.41, 5.74) is 5.90. The van der Waals surface area contributed by atoms with Gasteiger partial charge in [0.25, 0.3) is 0 Å². The smallest absolute Gasteiger partial charge is 0.237 e. The predicted octanol–water partition coefficient (Wildman–Crippen LogP) is 2.30. The lowest BCUT2D eigenvalue weighted by molar-refractivity contribution is -0.123. The molecule has 1 saturated carbocycles. The van der Waals surface area contributed by atoms with Crippen LogP contribution in [0.1, 0.15) is 53.4 Å². The summed E-state index contributed by atoms with van der Waals surface area (Å²) in [4.78, 5) is 11.9. The van der Waals surface area contributed by atoms with E-state index in [2.05, 4.69) is 33.0 Å². The average molecular weight is 240 g/mol. The van der Waals surface area contributed by atoms with E-state index in [-0.39, 0.29) is 11.9 Å². The van der Waals surface area contributed by atoms with E-state index < -0.39 is 0 Å². The number of nitrogens with two attached hydrogens (primary N) is 1. The number of amides is 1. The zero-order chi connectivity index (χ0) is 13.0. The van der Waals surface area contributed by atoms with Gasteiger partial charge in [-0.05, 0) is 37.0 Å². The van der Waals surface area contributed by atoms with E-state index in [4.69, 9.17) is 5.73 Å². The van der Waals surface area contributed by atoms with Gasteiger partial charge in [0.15, 0.2) is 0 Å². The van der Waals surface area contributed by atoms with Crippen molar-refractivity contribution in [2.24, 2.45) is 23.5 Å². The second-order valence-corrected chi connectivity index (χ2v) is 5.96. The second-order valence-electron chi connectivity index (χ2n) is 5.96. The summed E-state index contributed by atoms with van der Waals surface area (Å²) in [6, 6.07) is -0.00598. The van der Waals surface area contributed by atoms with Crippen molar-refractivity contribution in [3.8, 4) is 0 Å². The van der Waals surface area contributed by atoms with Crippen LogP contribution in [0, 0.1) is 17.8 Å². The van der Waals surface area contributed by atoms with Gasteiger partial charge in [-0.3, -0.25) is 4.79 Å². The molecule has 0 spiro atoms. The van der Waals surface area contributed by atoms with Crippen molar-refractivity contribution in [1.29, 1.82) is 0 Å². The molecule has 0 aromatic heterocycles. The number of carbonyl (C=O) groups excluding carboxylic acids is 1. The first kappa shape index (κ1) is 14.5. The van der Waals surface area contributed by atoms with Crippen LogP contribution in [0.25, 0.3) is 0 Å². The SMILES string of the molecule is CCC1CCC(NC(=O)[C@H](N)CC(C)C)C1C. The van der Waals surface area contributed by atoms with E-state index in [0.717, 1.165) is 18.8 Å². The topological polar surface area (TPSA) is 55.1 Å². The van der Waals surface area contributed by atoms with E-state index in [1.54, 1.807) is 0 Å². The highest BCUT2D eigenvalue weighted by atomic mass is 16.2. The largest absolute Gasteiger partial charge is 0.352 e. The van der Waals surface area contributed by atoms with E-state index in [1.165, 1.54) is 12.8 Å². The van der Waals surface area contributed by atoms with Crippen molar-refractivity contribution in [3.63, 3.8) is 0 Å². The molecule has 0 saturated heterocycles. The zero-order valence-corrected chi connectivity index (χ0v) is 11.7. The van der Waals surface area contributed by atoms with Crippen molar-refractivity contribution in [2.45, 2.75) is 65.5 Å². The predicted molar refractivity (Wildman–Crippen MR) is 71.5 cm³/mol. The third-order valence-electron chi connectivity index (χ3n) is 4.14. The minimum absolute atomic E-state index is 0.0345. The first-order valence-corrected chi connectivity index (χ1v) is 7.01. The Morgan fingerprint density at radius 3 is 2.53 bits per heavy atom. The molecule has 100 valence electrons. The maximum absolute atomic E-state index is 11.9. The Bertz CT molecular complexity index is 253. The van der Waals surface area contributed by atoms with E-state index in [0.29, 0.717) is 17.9 Å². The molecule has 3 nitrogen and oxygen atoms in total. The summed E-state index contributed by atoms with van der Waals surface area (Å²) in [6.07, 6.45) is 4.33. The molecule has 3 heteroatoms. The van der Waals surface area contributed by atoms with Crippen LogP contribution < -0.4 is 11.1 Å². The zero-order valence-electron chi connectivity index (χ0n) is 11.7. The highest BCUT2D eigenvalue weighted by molar-refractivity contribution is 5.81. The number of rotatable bonds is 5. The van der Waals surface area contributed by atoms with Crippen molar-refractivity contribution >= 4 is 5.91 Å². The third-order valence-corrected chi connectivity index (χ3v) is 4.14. The Hall–Kier alpha value is -0.570. The Kier molecular flexibility index (Phi) is 5.44. The van der Waals surface area contributed by atoms with Crippen molar-refractivity contribution in [1.82, 2.24) is 5.32 Å². The van der Waals surface area contributed by atoms with Crippen molar-refractivity contribution < 1.29 is 4.79 Å². The highest BCUT2D eigenvalue weighted by Gasteiger charge is 2.33. The molecule has 0 bridgehead atoms. The van der Waals surface area contributed by atoms with Crippen LogP contribution in [0.4, 0.5) is 0 Å². The minimum Gasteiger partial charge on any atom is -0.352 e. The molecule has 1 aliphatic rings. The van der Waals surface area contributed by atoms with Crippen LogP contribution in [0.3, 0.4) is 0 Å². The summed E-state index contributed by atoms with van der Waals surface area (Å²) in [5.74, 6) is 1.87. The molecule has 4 atom stereocenters. The van der Waals surface area contributed by atoms with Gasteiger partial charge in [-0.2, -0.15) is 0 Å². The van der Waals surface area contributed by atoms with Gasteiger partial charge in [-0.15, -0.1) is 0 Å². The lowest BCUT2D eigenvalue weighted by Gasteiger charge is -2.23. The molecular weight excluding hydrogens is 212 g/mol. The second kappa shape index (κ2) is 6.39. The highest BCUT2D eigenvalue weighted by Crippen LogP contribution is 2.33. The summed E-state index contributed by atoms with van der Waals surface area (Å²) in [7, 11) is 0. The third kappa shape index (κ3) is 3.98. The first-order valence-electron chi connectivity index (χ1n) is 7.01. The molecule has 0 heterocycles. The molecule has 1 rings (SSSR count). The van der Waals surface area contributed by atoms with Gasteiger partial charge in [-0.25, -0.2) is 0 Å². The summed E-state index contributed by atoms with van der Waals surface area (Å²) in [5, 5.41) is 3.13. The average Bonchev–Trinajstić information content (AvgIpc) is 2.59. The fourth-order valence-electron chi connectivity index (χ4n) is 2.93. The molecule has 1 amide bonds. The normalized spacial score (nSPS) is 30.6. The number of nitrogens with one attached hydrogen (secondary N) is 1. The maximum Gasteiger partial charge on any atom is 0.237 e. The molecule has 1 aliphatic carbocycles. The molecule has 0 aromatic carbocycles. The standard InChI is InChI=1S/C14H28N2O/c1-5-11-6-7-13(10(11)4)16-14(17)12(15)8-9(2)3/h9-13H,5-8,15H2,1-4H3,(H,16,17)/t10?,11?,12-,13?/m1/s1. The summed E-state index contributed by atoms with van der Waals surface area (Å²) >= 11 is 0. The Morgan fingerprint density at radius 2 is 2.06 bits per heavy atom. The molecule has 1 fully saturated rings. The van der Waals surface area contributed by atoms with Crippen LogP contribution in [0.15, 0.2) is 0 Å². The summed E-state index contributed by atoms with van der Waals surface area (Å²) in [6.45, 7) is 8.67. The monoisotopic (exact) mass is 240 g/mol. The fraction of sp³-hybridized carbons (Fsp3) is 0.929. The number of hydrogen-bond donors (Lipinski definition) is 2. The summed E-state index contributed by atoms with van der Waals surface area (Å²) < 4.78 is 0. The Morgan fingerprint density at radius 1 is 1.41 bits per heavy atom. The molecule has 0 aliphatic heterocycles. The quantitative estimate of drug-likeness (QED) is 0.774. The van der Waals surface area contributed by atoms with Crippen molar-refractivity contribution in [2.75, 3.05) is 0 Å². The van der Waals surface area contributed by atoms with Crippen LogP contribution in [-0.4, -0.2) is 18.0 Å². The van der Waals surface area contributed by atoms with E-state index >= 15 is 0 Å². The maximum atomic E-state index is 11.9. The van der Waals surface area contributed by atoms with Gasteiger partial charge < -0.3 is 11.1 Å². The number of carbonyl (C=O) groups is 1. The van der Waals surface area contributed by atoms with Crippen LogP contribution in [0.5, 0.6) is 0 Å². The van der Waals surface area contributed by atoms with Gasteiger partial charge in [-0.1, -0.05) is 34.1 Å². The van der Waals surface area contributed by atoms with Gasteiger partial charge >= 0.3 is 0 Å². The molecule has 3 N–H and O–H groups in total. The van der Waals surface area contributed by atoms with E-state index in [1.807, 2.05) is 0 Å². The van der Waals surface area contributed by atoms with Crippen molar-refractivity contribution in [3.05, 3.63) is 0 Å². The number of hydrogen-bond acceptors (Lipinski definition) is 2. The fourth-order valence-corrected chi connectivity index (χ4v) is 2.93. The lowest BCUT2D eigenvalue weighted by atomic mass is 9.93. The van der Waals surface area contributed by atoms with Gasteiger partial charge in [0, 0.05) is 6.04 Å². The van der Waals surface area contributed by atoms with Gasteiger partial charge in [0.05, 0.1) is 6.04 Å². The first-order chi connectivity index (χ1) is 7.95. The van der Waals surface area contributed by atoms with Crippen LogP contribution >= 0.6 is 0 Å². The Balaban J connectivity index is 2.41. The van der Waals surface area contributed by atoms with E-state index in [9.17, 15) is 4.79 Å². The van der Waals surface area contributed by atoms with Crippen LogP contribution in [-0.2, 0) is 4.79 Å². The van der Waals surface area contributed by atoms with Gasteiger partial charge in [0.1, 0.15) is 0 Å². The minimum atomic E-state index is -0.345. The van der Waals surface area contributed by atoms with Gasteiger partial charge in [0.2, 0.25) is 5.91 Å². The van der Waals surface area contributed by atoms with Crippen LogP contribution in [0.2, 0.25) is 0 Å². The molecule has 17 heavy (non-hydrogen) atoms. The lowest BCUT2D eigenvalue weighted by Crippen LogP contribution is -2.47. The molecule has 3 unspecified atom stereocenters. The molecule has 0 radical (unpaired) electrons.